The van der Waals surface area contributed by atoms with E-state index in [0.717, 1.165) is 24.1 Å². The van der Waals surface area contributed by atoms with Crippen molar-refractivity contribution in [2.75, 3.05) is 25.0 Å². The molecule has 0 amide bonds. The van der Waals surface area contributed by atoms with Gasteiger partial charge in [-0.2, -0.15) is 5.26 Å². The third-order valence-corrected chi connectivity index (χ3v) is 4.41. The standard InChI is InChI=1S/C15H23N5O2/c1-4-11(20-7-5-6-8-20)10-17-13-12(9-16)14(21)19(3)15(22)18(13)2/h11,17H,4-8,10H2,1-3H3. The van der Waals surface area contributed by atoms with E-state index in [1.54, 1.807) is 7.05 Å². The maximum absolute atomic E-state index is 12.0. The van der Waals surface area contributed by atoms with E-state index in [1.165, 1.54) is 24.5 Å². The molecule has 1 aromatic heterocycles. The molecule has 2 heterocycles. The minimum Gasteiger partial charge on any atom is -0.369 e. The second-order valence-electron chi connectivity index (χ2n) is 5.73. The summed E-state index contributed by atoms with van der Waals surface area (Å²) in [5.41, 5.74) is -0.996. The summed E-state index contributed by atoms with van der Waals surface area (Å²) in [5.74, 6) is 0.313. The Balaban J connectivity index is 2.28. The molecule has 0 aliphatic carbocycles. The van der Waals surface area contributed by atoms with Crippen molar-refractivity contribution >= 4 is 5.82 Å². The first-order valence-electron chi connectivity index (χ1n) is 7.69. The van der Waals surface area contributed by atoms with Crippen LogP contribution in [-0.4, -0.2) is 39.7 Å². The summed E-state index contributed by atoms with van der Waals surface area (Å²) in [6.45, 7) is 4.91. The molecule has 1 unspecified atom stereocenters. The van der Waals surface area contributed by atoms with Crippen molar-refractivity contribution in [1.29, 1.82) is 5.26 Å². The highest BCUT2D eigenvalue weighted by Crippen LogP contribution is 2.15. The van der Waals surface area contributed by atoms with Gasteiger partial charge in [0.1, 0.15) is 11.9 Å². The molecule has 1 saturated heterocycles. The van der Waals surface area contributed by atoms with Crippen molar-refractivity contribution < 1.29 is 0 Å². The van der Waals surface area contributed by atoms with Gasteiger partial charge in [-0.3, -0.25) is 18.8 Å². The van der Waals surface area contributed by atoms with Gasteiger partial charge in [-0.25, -0.2) is 4.79 Å². The molecule has 0 aromatic carbocycles. The molecule has 2 rings (SSSR count). The van der Waals surface area contributed by atoms with Gasteiger partial charge in [0.15, 0.2) is 5.56 Å². The summed E-state index contributed by atoms with van der Waals surface area (Å²) < 4.78 is 2.29. The molecule has 1 aliphatic heterocycles. The topological polar surface area (TPSA) is 83.1 Å². The summed E-state index contributed by atoms with van der Waals surface area (Å²) in [6, 6.07) is 2.26. The molecule has 1 fully saturated rings. The second-order valence-corrected chi connectivity index (χ2v) is 5.73. The number of hydrogen-bond acceptors (Lipinski definition) is 5. The molecule has 0 bridgehead atoms. The highest BCUT2D eigenvalue weighted by atomic mass is 16.2. The smallest absolute Gasteiger partial charge is 0.332 e. The van der Waals surface area contributed by atoms with Crippen LogP contribution in [0.5, 0.6) is 0 Å². The number of nitrogens with one attached hydrogen (secondary N) is 1. The first kappa shape index (κ1) is 16.3. The molecule has 1 aromatic rings. The van der Waals surface area contributed by atoms with Crippen molar-refractivity contribution in [3.05, 3.63) is 26.4 Å². The van der Waals surface area contributed by atoms with Gasteiger partial charge in [0.2, 0.25) is 0 Å². The number of rotatable bonds is 5. The number of likely N-dealkylation sites (tertiary alicyclic amines) is 1. The average molecular weight is 305 g/mol. The van der Waals surface area contributed by atoms with E-state index in [0.29, 0.717) is 18.4 Å². The fraction of sp³-hybridized carbons (Fsp3) is 0.667. The normalized spacial score (nSPS) is 16.5. The Kier molecular flexibility index (Phi) is 5.03. The van der Waals surface area contributed by atoms with Crippen LogP contribution in [0.1, 0.15) is 31.7 Å². The van der Waals surface area contributed by atoms with Gasteiger partial charge < -0.3 is 5.32 Å². The van der Waals surface area contributed by atoms with E-state index in [2.05, 4.69) is 17.1 Å². The summed E-state index contributed by atoms with van der Waals surface area (Å²) >= 11 is 0. The lowest BCUT2D eigenvalue weighted by Gasteiger charge is -2.27. The van der Waals surface area contributed by atoms with Gasteiger partial charge in [0, 0.05) is 26.7 Å². The van der Waals surface area contributed by atoms with Crippen LogP contribution in [0, 0.1) is 11.3 Å². The van der Waals surface area contributed by atoms with Crippen molar-refractivity contribution in [2.24, 2.45) is 14.1 Å². The van der Waals surface area contributed by atoms with Gasteiger partial charge in [-0.1, -0.05) is 6.92 Å². The largest absolute Gasteiger partial charge is 0.369 e. The molecule has 1 N–H and O–H groups in total. The number of nitriles is 1. The monoisotopic (exact) mass is 305 g/mol. The molecular formula is C15H23N5O2. The van der Waals surface area contributed by atoms with Crippen molar-refractivity contribution in [3.8, 4) is 6.07 Å². The fourth-order valence-electron chi connectivity index (χ4n) is 3.00. The predicted octanol–water partition coefficient (Wildman–Crippen LogP) is 0.242. The van der Waals surface area contributed by atoms with Crippen LogP contribution in [0.3, 0.4) is 0 Å². The maximum atomic E-state index is 12.0. The summed E-state index contributed by atoms with van der Waals surface area (Å²) in [4.78, 5) is 26.5. The molecule has 22 heavy (non-hydrogen) atoms. The number of nitrogens with zero attached hydrogens (tertiary/aromatic N) is 4. The van der Waals surface area contributed by atoms with Gasteiger partial charge in [-0.05, 0) is 32.4 Å². The minimum absolute atomic E-state index is 0.0131. The molecular weight excluding hydrogens is 282 g/mol. The molecule has 120 valence electrons. The van der Waals surface area contributed by atoms with Crippen LogP contribution in [0.25, 0.3) is 0 Å². The lowest BCUT2D eigenvalue weighted by atomic mass is 10.2. The SMILES string of the molecule is CCC(CNc1c(C#N)c(=O)n(C)c(=O)n1C)N1CCCC1. The van der Waals surface area contributed by atoms with Crippen LogP contribution < -0.4 is 16.6 Å². The zero-order chi connectivity index (χ0) is 16.3. The van der Waals surface area contributed by atoms with E-state index >= 15 is 0 Å². The maximum Gasteiger partial charge on any atom is 0.332 e. The third kappa shape index (κ3) is 2.92. The Hall–Kier alpha value is -2.07. The lowest BCUT2D eigenvalue weighted by Crippen LogP contribution is -2.42. The Morgan fingerprint density at radius 1 is 1.23 bits per heavy atom. The Bertz CT molecular complexity index is 692. The van der Waals surface area contributed by atoms with E-state index in [9.17, 15) is 14.9 Å². The summed E-state index contributed by atoms with van der Waals surface area (Å²) in [6.07, 6.45) is 3.41. The predicted molar refractivity (Wildman–Crippen MR) is 85.0 cm³/mol. The summed E-state index contributed by atoms with van der Waals surface area (Å²) in [7, 11) is 2.95. The average Bonchev–Trinajstić information content (AvgIpc) is 3.05. The van der Waals surface area contributed by atoms with Crippen molar-refractivity contribution in [2.45, 2.75) is 32.2 Å². The molecule has 1 atom stereocenters. The number of aromatic nitrogens is 2. The number of anilines is 1. The van der Waals surface area contributed by atoms with Crippen molar-refractivity contribution in [3.63, 3.8) is 0 Å². The van der Waals surface area contributed by atoms with E-state index in [4.69, 9.17) is 0 Å². The molecule has 7 heteroatoms. The first-order valence-corrected chi connectivity index (χ1v) is 7.69. The van der Waals surface area contributed by atoms with Crippen LogP contribution >= 0.6 is 0 Å². The quantitative estimate of drug-likeness (QED) is 0.842. The minimum atomic E-state index is -0.553. The third-order valence-electron chi connectivity index (χ3n) is 4.41. The first-order chi connectivity index (χ1) is 10.5. The van der Waals surface area contributed by atoms with E-state index < -0.39 is 11.2 Å². The molecule has 0 saturated carbocycles. The van der Waals surface area contributed by atoms with Crippen molar-refractivity contribution in [1.82, 2.24) is 14.0 Å². The van der Waals surface area contributed by atoms with Gasteiger partial charge in [0.05, 0.1) is 0 Å². The molecule has 0 radical (unpaired) electrons. The molecule has 0 spiro atoms. The van der Waals surface area contributed by atoms with Crippen LogP contribution in [-0.2, 0) is 14.1 Å². The Labute approximate surface area is 129 Å². The zero-order valence-corrected chi connectivity index (χ0v) is 13.4. The van der Waals surface area contributed by atoms with E-state index in [1.807, 2.05) is 6.07 Å². The second kappa shape index (κ2) is 6.79. The zero-order valence-electron chi connectivity index (χ0n) is 13.4. The molecule has 7 nitrogen and oxygen atoms in total. The highest BCUT2D eigenvalue weighted by Gasteiger charge is 2.22. The highest BCUT2D eigenvalue weighted by molar-refractivity contribution is 5.51. The van der Waals surface area contributed by atoms with E-state index in [-0.39, 0.29) is 5.56 Å². The van der Waals surface area contributed by atoms with Crippen LogP contribution in [0.4, 0.5) is 5.82 Å². The Morgan fingerprint density at radius 2 is 1.86 bits per heavy atom. The van der Waals surface area contributed by atoms with Crippen LogP contribution in [0.15, 0.2) is 9.59 Å². The fourth-order valence-corrected chi connectivity index (χ4v) is 3.00. The summed E-state index contributed by atoms with van der Waals surface area (Å²) in [5, 5.41) is 12.4. The van der Waals surface area contributed by atoms with Gasteiger partial charge >= 0.3 is 5.69 Å². The molecule has 1 aliphatic rings. The number of hydrogen-bond donors (Lipinski definition) is 1. The van der Waals surface area contributed by atoms with Gasteiger partial charge in [0.25, 0.3) is 5.56 Å². The van der Waals surface area contributed by atoms with Gasteiger partial charge in [-0.15, -0.1) is 0 Å². The lowest BCUT2D eigenvalue weighted by molar-refractivity contribution is 0.246. The Morgan fingerprint density at radius 3 is 2.41 bits per heavy atom. The van der Waals surface area contributed by atoms with Crippen LogP contribution in [0.2, 0.25) is 0 Å².